The van der Waals surface area contributed by atoms with Gasteiger partial charge in [0.05, 0.1) is 16.7 Å². The number of benzene rings is 7. The van der Waals surface area contributed by atoms with Crippen LogP contribution in [0.5, 0.6) is 0 Å². The van der Waals surface area contributed by atoms with E-state index in [1.807, 2.05) is 60.7 Å². The Morgan fingerprint density at radius 1 is 0.404 bits per heavy atom. The van der Waals surface area contributed by atoms with Crippen LogP contribution in [-0.2, 0) is 5.41 Å². The van der Waals surface area contributed by atoms with Gasteiger partial charge in [0.2, 0.25) is 0 Å². The number of fused-ring (bicyclic) bond motifs is 6. The fourth-order valence-corrected chi connectivity index (χ4v) is 8.19. The van der Waals surface area contributed by atoms with Crippen LogP contribution in [-0.4, -0.2) is 19.5 Å². The van der Waals surface area contributed by atoms with E-state index in [4.69, 9.17) is 15.0 Å². The van der Waals surface area contributed by atoms with Gasteiger partial charge in [-0.15, -0.1) is 0 Å². The smallest absolute Gasteiger partial charge is 0.164 e. The van der Waals surface area contributed by atoms with Crippen LogP contribution in [0.4, 0.5) is 0 Å². The van der Waals surface area contributed by atoms with E-state index in [-0.39, 0.29) is 5.41 Å². The van der Waals surface area contributed by atoms with Crippen LogP contribution in [0.25, 0.3) is 83.9 Å². The minimum atomic E-state index is -0.129. The molecule has 0 saturated heterocycles. The highest BCUT2D eigenvalue weighted by atomic mass is 15.0. The summed E-state index contributed by atoms with van der Waals surface area (Å²) < 4.78 is 2.47. The molecule has 52 heavy (non-hydrogen) atoms. The lowest BCUT2D eigenvalue weighted by atomic mass is 9.81. The van der Waals surface area contributed by atoms with Crippen molar-refractivity contribution < 1.29 is 0 Å². The molecule has 4 nitrogen and oxygen atoms in total. The Morgan fingerprint density at radius 2 is 0.942 bits per heavy atom. The summed E-state index contributed by atoms with van der Waals surface area (Å²) in [5.41, 5.74) is 14.0. The summed E-state index contributed by atoms with van der Waals surface area (Å²) >= 11 is 0. The zero-order valence-electron chi connectivity index (χ0n) is 29.0. The topological polar surface area (TPSA) is 43.6 Å². The Labute approximate surface area is 302 Å². The van der Waals surface area contributed by atoms with Gasteiger partial charge in [0, 0.05) is 32.9 Å². The third-order valence-corrected chi connectivity index (χ3v) is 10.6. The summed E-state index contributed by atoms with van der Waals surface area (Å²) in [6.07, 6.45) is 0. The van der Waals surface area contributed by atoms with E-state index in [2.05, 4.69) is 128 Å². The van der Waals surface area contributed by atoms with Crippen molar-refractivity contribution >= 4 is 21.8 Å². The molecular weight excluding hydrogens is 633 g/mol. The Bertz CT molecular complexity index is 2760. The molecule has 0 spiro atoms. The predicted molar refractivity (Wildman–Crippen MR) is 213 cm³/mol. The molecule has 0 aliphatic heterocycles. The predicted octanol–water partition coefficient (Wildman–Crippen LogP) is 11.9. The molecule has 2 heterocycles. The normalized spacial score (nSPS) is 13.0. The molecule has 246 valence electrons. The highest BCUT2D eigenvalue weighted by Crippen LogP contribution is 2.51. The summed E-state index contributed by atoms with van der Waals surface area (Å²) in [5, 5.41) is 2.46. The van der Waals surface area contributed by atoms with Crippen molar-refractivity contribution in [2.24, 2.45) is 0 Å². The van der Waals surface area contributed by atoms with Crippen molar-refractivity contribution in [3.63, 3.8) is 0 Å². The molecule has 7 aromatic carbocycles. The highest BCUT2D eigenvalue weighted by Gasteiger charge is 2.38. The summed E-state index contributed by atoms with van der Waals surface area (Å²) in [6, 6.07) is 60.1. The molecule has 0 radical (unpaired) electrons. The van der Waals surface area contributed by atoms with Crippen LogP contribution in [0.2, 0.25) is 0 Å². The maximum atomic E-state index is 4.99. The monoisotopic (exact) mass is 666 g/mol. The Balaban J connectivity index is 1.12. The first-order chi connectivity index (χ1) is 25.5. The standard InChI is InChI=1S/C48H34N4/c1-48(2)40-24-11-9-21-36(40)38-23-14-26-43(44(38)48)52-41-25-12-10-22-37(41)39-30-34(27-28-42(39)52)33-19-13-20-35(29-33)47-50-45(31-15-5-3-6-16-31)49-46(51-47)32-17-7-4-8-18-32/h3-30H,1-2H3. The van der Waals surface area contributed by atoms with Gasteiger partial charge in [0.1, 0.15) is 0 Å². The second kappa shape index (κ2) is 11.7. The molecule has 0 amide bonds. The van der Waals surface area contributed by atoms with Crippen molar-refractivity contribution in [3.05, 3.63) is 181 Å². The molecular formula is C48H34N4. The number of para-hydroxylation sites is 1. The average Bonchev–Trinajstić information content (AvgIpc) is 3.66. The van der Waals surface area contributed by atoms with E-state index in [1.165, 1.54) is 49.7 Å². The molecule has 4 heteroatoms. The molecule has 0 unspecified atom stereocenters. The first-order valence-corrected chi connectivity index (χ1v) is 17.8. The largest absolute Gasteiger partial charge is 0.309 e. The van der Waals surface area contributed by atoms with Crippen molar-refractivity contribution in [2.75, 3.05) is 0 Å². The second-order valence-electron chi connectivity index (χ2n) is 14.1. The molecule has 0 fully saturated rings. The third kappa shape index (κ3) is 4.72. The van der Waals surface area contributed by atoms with Gasteiger partial charge in [0.15, 0.2) is 17.5 Å². The fourth-order valence-electron chi connectivity index (χ4n) is 8.19. The number of aromatic nitrogens is 4. The van der Waals surface area contributed by atoms with E-state index in [0.29, 0.717) is 17.5 Å². The summed E-state index contributed by atoms with van der Waals surface area (Å²) in [6.45, 7) is 4.72. The first-order valence-electron chi connectivity index (χ1n) is 17.8. The van der Waals surface area contributed by atoms with Gasteiger partial charge in [-0.25, -0.2) is 15.0 Å². The minimum Gasteiger partial charge on any atom is -0.309 e. The van der Waals surface area contributed by atoms with Crippen LogP contribution < -0.4 is 0 Å². The van der Waals surface area contributed by atoms with Crippen molar-refractivity contribution in [1.29, 1.82) is 0 Å². The van der Waals surface area contributed by atoms with Gasteiger partial charge in [-0.05, 0) is 63.7 Å². The van der Waals surface area contributed by atoms with Gasteiger partial charge in [-0.2, -0.15) is 0 Å². The van der Waals surface area contributed by atoms with Crippen molar-refractivity contribution in [1.82, 2.24) is 19.5 Å². The zero-order valence-corrected chi connectivity index (χ0v) is 29.0. The van der Waals surface area contributed by atoms with Gasteiger partial charge in [0.25, 0.3) is 0 Å². The zero-order chi connectivity index (χ0) is 34.8. The SMILES string of the molecule is CC1(C)c2ccccc2-c2cccc(-n3c4ccccc4c4cc(-c5cccc(-c6nc(-c7ccccc7)nc(-c7ccccc7)n6)c5)ccc43)c21. The molecule has 0 saturated carbocycles. The van der Waals surface area contributed by atoms with Gasteiger partial charge >= 0.3 is 0 Å². The summed E-state index contributed by atoms with van der Waals surface area (Å²) in [4.78, 5) is 14.9. The van der Waals surface area contributed by atoms with Crippen LogP contribution in [0.1, 0.15) is 25.0 Å². The lowest BCUT2D eigenvalue weighted by Crippen LogP contribution is -2.17. The minimum absolute atomic E-state index is 0.129. The molecule has 0 bridgehead atoms. The lowest BCUT2D eigenvalue weighted by molar-refractivity contribution is 0.656. The van der Waals surface area contributed by atoms with E-state index < -0.39 is 0 Å². The fraction of sp³-hybridized carbons (Fsp3) is 0.0625. The van der Waals surface area contributed by atoms with E-state index in [0.717, 1.165) is 27.8 Å². The van der Waals surface area contributed by atoms with Crippen LogP contribution in [0.15, 0.2) is 170 Å². The van der Waals surface area contributed by atoms with Crippen LogP contribution >= 0.6 is 0 Å². The Kier molecular flexibility index (Phi) is 6.80. The average molecular weight is 667 g/mol. The van der Waals surface area contributed by atoms with Crippen LogP contribution in [0.3, 0.4) is 0 Å². The maximum Gasteiger partial charge on any atom is 0.164 e. The lowest BCUT2D eigenvalue weighted by Gasteiger charge is -2.25. The molecule has 2 aromatic heterocycles. The number of nitrogens with zero attached hydrogens (tertiary/aromatic N) is 4. The molecule has 9 aromatic rings. The molecule has 10 rings (SSSR count). The van der Waals surface area contributed by atoms with Gasteiger partial charge in [-0.3, -0.25) is 0 Å². The first kappa shape index (κ1) is 30.2. The summed E-state index contributed by atoms with van der Waals surface area (Å²) in [5.74, 6) is 1.96. The van der Waals surface area contributed by atoms with E-state index in [9.17, 15) is 0 Å². The Hall–Kier alpha value is -6.65. The Morgan fingerprint density at radius 3 is 1.69 bits per heavy atom. The molecule has 0 N–H and O–H groups in total. The molecule has 1 aliphatic carbocycles. The van der Waals surface area contributed by atoms with Crippen LogP contribution in [0, 0.1) is 0 Å². The summed E-state index contributed by atoms with van der Waals surface area (Å²) in [7, 11) is 0. The second-order valence-corrected chi connectivity index (χ2v) is 14.1. The van der Waals surface area contributed by atoms with E-state index >= 15 is 0 Å². The van der Waals surface area contributed by atoms with Crippen molar-refractivity contribution in [2.45, 2.75) is 19.3 Å². The van der Waals surface area contributed by atoms with E-state index in [1.54, 1.807) is 0 Å². The maximum absolute atomic E-state index is 4.99. The number of hydrogen-bond donors (Lipinski definition) is 0. The van der Waals surface area contributed by atoms with Gasteiger partial charge in [-0.1, -0.05) is 153 Å². The molecule has 0 atom stereocenters. The third-order valence-electron chi connectivity index (χ3n) is 10.6. The van der Waals surface area contributed by atoms with Gasteiger partial charge < -0.3 is 4.57 Å². The number of hydrogen-bond acceptors (Lipinski definition) is 3. The quantitative estimate of drug-likeness (QED) is 0.184. The molecule has 1 aliphatic rings. The number of rotatable bonds is 5. The van der Waals surface area contributed by atoms with Crippen molar-refractivity contribution in [3.8, 4) is 62.1 Å². The highest BCUT2D eigenvalue weighted by molar-refractivity contribution is 6.11.